The molecule has 1 aliphatic heterocycles. The lowest BCUT2D eigenvalue weighted by molar-refractivity contribution is 0.103. The Kier molecular flexibility index (Phi) is 5.45. The van der Waals surface area contributed by atoms with E-state index in [0.717, 1.165) is 24.2 Å². The highest BCUT2D eigenvalue weighted by Crippen LogP contribution is 2.27. The van der Waals surface area contributed by atoms with E-state index in [1.165, 1.54) is 12.8 Å². The summed E-state index contributed by atoms with van der Waals surface area (Å²) in [4.78, 5) is 17.8. The average molecular weight is 375 g/mol. The highest BCUT2D eigenvalue weighted by molar-refractivity contribution is 6.30. The minimum absolute atomic E-state index is 0. The predicted molar refractivity (Wildman–Crippen MR) is 104 cm³/mol. The lowest BCUT2D eigenvalue weighted by atomic mass is 9.92. The van der Waals surface area contributed by atoms with Crippen LogP contribution in [0.15, 0.2) is 53.5 Å². The van der Waals surface area contributed by atoms with Gasteiger partial charge in [-0.1, -0.05) is 48.7 Å². The maximum Gasteiger partial charge on any atom is 0.193 e. The number of aliphatic imine (C=N–C) groups is 1. The molecule has 1 N–H and O–H groups in total. The molecule has 1 heterocycles. The Labute approximate surface area is 158 Å². The monoisotopic (exact) mass is 374 g/mol. The van der Waals surface area contributed by atoms with Crippen molar-refractivity contribution in [1.82, 2.24) is 5.32 Å². The summed E-state index contributed by atoms with van der Waals surface area (Å²) in [5, 5.41) is 4.17. The molecule has 2 atom stereocenters. The molecule has 2 aromatic rings. The fourth-order valence-corrected chi connectivity index (χ4v) is 3.73. The van der Waals surface area contributed by atoms with E-state index < -0.39 is 0 Å². The molecule has 2 aliphatic rings. The smallest absolute Gasteiger partial charge is 0.193 e. The summed E-state index contributed by atoms with van der Waals surface area (Å²) in [6.45, 7) is 0. The third kappa shape index (κ3) is 3.58. The van der Waals surface area contributed by atoms with Crippen molar-refractivity contribution in [2.75, 3.05) is 0 Å². The van der Waals surface area contributed by atoms with Crippen LogP contribution in [0.1, 0.15) is 47.2 Å². The SMILES string of the molecule is Cl.O=C(c1ccc(Cl)cc1)c1ccccc1C1=NC2CCCCC2N1. The third-order valence-corrected chi connectivity index (χ3v) is 5.13. The summed E-state index contributed by atoms with van der Waals surface area (Å²) in [6, 6.07) is 15.5. The number of nitrogens with zero attached hydrogens (tertiary/aromatic N) is 1. The molecule has 0 amide bonds. The number of benzene rings is 2. The number of nitrogens with one attached hydrogen (secondary N) is 1. The van der Waals surface area contributed by atoms with Crippen LogP contribution in [0, 0.1) is 0 Å². The van der Waals surface area contributed by atoms with Crippen molar-refractivity contribution >= 4 is 35.6 Å². The molecule has 2 aromatic carbocycles. The first-order valence-electron chi connectivity index (χ1n) is 8.46. The fraction of sp³-hybridized carbons (Fsp3) is 0.300. The van der Waals surface area contributed by atoms with Crippen LogP contribution in [0.25, 0.3) is 0 Å². The highest BCUT2D eigenvalue weighted by atomic mass is 35.5. The van der Waals surface area contributed by atoms with Crippen LogP contribution in [-0.2, 0) is 0 Å². The summed E-state index contributed by atoms with van der Waals surface area (Å²) in [7, 11) is 0. The number of rotatable bonds is 3. The predicted octanol–water partition coefficient (Wildman–Crippen LogP) is 4.65. The van der Waals surface area contributed by atoms with E-state index in [-0.39, 0.29) is 18.2 Å². The number of halogens is 2. The summed E-state index contributed by atoms with van der Waals surface area (Å²) in [5.41, 5.74) is 2.22. The fourth-order valence-electron chi connectivity index (χ4n) is 3.60. The molecule has 0 bridgehead atoms. The second kappa shape index (κ2) is 7.59. The number of hydrogen-bond donors (Lipinski definition) is 1. The standard InChI is InChI=1S/C20H19ClN2O.ClH/c21-14-11-9-13(10-12-14)19(24)15-5-1-2-6-16(15)20-22-17-7-3-4-8-18(17)23-20;/h1-2,5-6,9-12,17-18H,3-4,7-8H2,(H,22,23);1H. The van der Waals surface area contributed by atoms with Crippen molar-refractivity contribution in [2.24, 2.45) is 4.99 Å². The van der Waals surface area contributed by atoms with Gasteiger partial charge in [0.2, 0.25) is 0 Å². The van der Waals surface area contributed by atoms with Crippen LogP contribution in [0.2, 0.25) is 5.02 Å². The van der Waals surface area contributed by atoms with Crippen molar-refractivity contribution in [3.05, 3.63) is 70.2 Å². The highest BCUT2D eigenvalue weighted by Gasteiger charge is 2.32. The van der Waals surface area contributed by atoms with Gasteiger partial charge in [-0.2, -0.15) is 0 Å². The van der Waals surface area contributed by atoms with E-state index in [9.17, 15) is 4.79 Å². The van der Waals surface area contributed by atoms with Crippen LogP contribution >= 0.6 is 24.0 Å². The Morgan fingerprint density at radius 3 is 2.52 bits per heavy atom. The molecule has 3 nitrogen and oxygen atoms in total. The largest absolute Gasteiger partial charge is 0.365 e. The van der Waals surface area contributed by atoms with Gasteiger partial charge >= 0.3 is 0 Å². The normalized spacial score (nSPS) is 21.6. The Hall–Kier alpha value is -1.84. The van der Waals surface area contributed by atoms with Crippen molar-refractivity contribution in [2.45, 2.75) is 37.8 Å². The van der Waals surface area contributed by atoms with Gasteiger partial charge in [0.25, 0.3) is 0 Å². The molecule has 0 aromatic heterocycles. The molecule has 4 rings (SSSR count). The quantitative estimate of drug-likeness (QED) is 0.794. The zero-order valence-electron chi connectivity index (χ0n) is 13.7. The average Bonchev–Trinajstić information content (AvgIpc) is 3.06. The number of carbonyl (C=O) groups is 1. The lowest BCUT2D eigenvalue weighted by Crippen LogP contribution is -2.37. The molecule has 0 saturated heterocycles. The second-order valence-electron chi connectivity index (χ2n) is 6.46. The van der Waals surface area contributed by atoms with Gasteiger partial charge in [-0.05, 0) is 37.1 Å². The topological polar surface area (TPSA) is 41.5 Å². The number of hydrogen-bond acceptors (Lipinski definition) is 3. The third-order valence-electron chi connectivity index (χ3n) is 4.88. The van der Waals surface area contributed by atoms with Crippen LogP contribution in [0.5, 0.6) is 0 Å². The van der Waals surface area contributed by atoms with Gasteiger partial charge in [0.1, 0.15) is 5.84 Å². The molecule has 2 unspecified atom stereocenters. The van der Waals surface area contributed by atoms with Gasteiger partial charge < -0.3 is 5.32 Å². The molecule has 130 valence electrons. The summed E-state index contributed by atoms with van der Waals surface area (Å²) in [6.07, 6.45) is 4.78. The lowest BCUT2D eigenvalue weighted by Gasteiger charge is -2.23. The van der Waals surface area contributed by atoms with Gasteiger partial charge in [-0.3, -0.25) is 9.79 Å². The van der Waals surface area contributed by atoms with Gasteiger partial charge in [0.05, 0.1) is 6.04 Å². The summed E-state index contributed by atoms with van der Waals surface area (Å²) < 4.78 is 0. The van der Waals surface area contributed by atoms with Gasteiger partial charge in [-0.15, -0.1) is 12.4 Å². The molecule has 0 spiro atoms. The molecule has 1 saturated carbocycles. The number of carbonyl (C=O) groups excluding carboxylic acids is 1. The molecular formula is C20H20Cl2N2O. The van der Waals surface area contributed by atoms with E-state index in [1.807, 2.05) is 24.3 Å². The Balaban J connectivity index is 0.00000182. The van der Waals surface area contributed by atoms with Gasteiger partial charge in [-0.25, -0.2) is 0 Å². The minimum Gasteiger partial charge on any atom is -0.365 e. The van der Waals surface area contributed by atoms with Crippen LogP contribution in [0.4, 0.5) is 0 Å². The Morgan fingerprint density at radius 1 is 1.04 bits per heavy atom. The van der Waals surface area contributed by atoms with Gasteiger partial charge in [0.15, 0.2) is 5.78 Å². The molecule has 1 fully saturated rings. The van der Waals surface area contributed by atoms with E-state index in [2.05, 4.69) is 5.32 Å². The zero-order chi connectivity index (χ0) is 16.5. The van der Waals surface area contributed by atoms with Gasteiger partial charge in [0, 0.05) is 27.8 Å². The molecule has 25 heavy (non-hydrogen) atoms. The van der Waals surface area contributed by atoms with Crippen molar-refractivity contribution in [3.8, 4) is 0 Å². The first kappa shape index (κ1) is 18.0. The second-order valence-corrected chi connectivity index (χ2v) is 6.90. The van der Waals surface area contributed by atoms with Crippen molar-refractivity contribution in [1.29, 1.82) is 0 Å². The maximum atomic E-state index is 12.9. The van der Waals surface area contributed by atoms with Crippen LogP contribution in [-0.4, -0.2) is 23.7 Å². The minimum atomic E-state index is 0. The zero-order valence-corrected chi connectivity index (χ0v) is 15.3. The summed E-state index contributed by atoms with van der Waals surface area (Å²) in [5.74, 6) is 0.867. The summed E-state index contributed by atoms with van der Waals surface area (Å²) >= 11 is 5.93. The van der Waals surface area contributed by atoms with Crippen molar-refractivity contribution in [3.63, 3.8) is 0 Å². The first-order valence-corrected chi connectivity index (χ1v) is 8.84. The number of fused-ring (bicyclic) bond motifs is 1. The first-order chi connectivity index (χ1) is 11.7. The molecule has 5 heteroatoms. The molecule has 0 radical (unpaired) electrons. The van der Waals surface area contributed by atoms with E-state index >= 15 is 0 Å². The van der Waals surface area contributed by atoms with E-state index in [4.69, 9.17) is 16.6 Å². The molecule has 1 aliphatic carbocycles. The Bertz CT molecular complexity index is 802. The molecular weight excluding hydrogens is 355 g/mol. The Morgan fingerprint density at radius 2 is 1.76 bits per heavy atom. The van der Waals surface area contributed by atoms with Crippen LogP contribution in [0.3, 0.4) is 0 Å². The van der Waals surface area contributed by atoms with E-state index in [1.54, 1.807) is 24.3 Å². The number of amidine groups is 1. The van der Waals surface area contributed by atoms with Crippen LogP contribution < -0.4 is 5.32 Å². The van der Waals surface area contributed by atoms with E-state index in [0.29, 0.717) is 28.2 Å². The van der Waals surface area contributed by atoms with Crippen molar-refractivity contribution < 1.29 is 4.79 Å². The maximum absolute atomic E-state index is 12.9. The number of ketones is 1.